The average molecular weight is 274 g/mol. The number of halogens is 1. The summed E-state index contributed by atoms with van der Waals surface area (Å²) in [6.45, 7) is 2.78. The van der Waals surface area contributed by atoms with E-state index in [0.717, 1.165) is 12.1 Å². The maximum atomic E-state index is 13.1. The summed E-state index contributed by atoms with van der Waals surface area (Å²) in [6, 6.07) is 3.19. The fourth-order valence-corrected chi connectivity index (χ4v) is 3.52. The predicted octanol–water partition coefficient (Wildman–Crippen LogP) is 0.817. The molecule has 0 bridgehead atoms. The van der Waals surface area contributed by atoms with E-state index < -0.39 is 15.8 Å². The summed E-state index contributed by atoms with van der Waals surface area (Å²) < 4.78 is 44.3. The number of ether oxygens (including phenoxy) is 1. The Hall–Kier alpha value is -1.18. The lowest BCUT2D eigenvalue weighted by Gasteiger charge is -2.32. The van der Waals surface area contributed by atoms with Crippen molar-refractivity contribution in [2.75, 3.05) is 25.5 Å². The van der Waals surface area contributed by atoms with E-state index in [2.05, 4.69) is 0 Å². The first-order chi connectivity index (χ1) is 8.43. The first kappa shape index (κ1) is 13.3. The second-order valence-corrected chi connectivity index (χ2v) is 6.11. The number of morpholine rings is 1. The monoisotopic (exact) mass is 274 g/mol. The van der Waals surface area contributed by atoms with Crippen LogP contribution in [0.3, 0.4) is 0 Å². The number of nitrogen functional groups attached to an aromatic ring is 1. The summed E-state index contributed by atoms with van der Waals surface area (Å²) in [4.78, 5) is 0.00940. The molecule has 0 amide bonds. The van der Waals surface area contributed by atoms with Crippen LogP contribution >= 0.6 is 0 Å². The first-order valence-corrected chi connectivity index (χ1v) is 7.01. The summed E-state index contributed by atoms with van der Waals surface area (Å²) in [5.41, 5.74) is 5.23. The summed E-state index contributed by atoms with van der Waals surface area (Å²) in [5.74, 6) is -0.621. The molecule has 100 valence electrons. The minimum Gasteiger partial charge on any atom is -0.396 e. The molecule has 0 saturated carbocycles. The van der Waals surface area contributed by atoms with Gasteiger partial charge in [-0.1, -0.05) is 0 Å². The molecule has 1 aliphatic rings. The molecule has 1 aromatic rings. The largest absolute Gasteiger partial charge is 0.396 e. The van der Waals surface area contributed by atoms with Crippen LogP contribution in [-0.4, -0.2) is 38.5 Å². The molecule has 2 N–H and O–H groups in total. The van der Waals surface area contributed by atoms with Gasteiger partial charge in [-0.15, -0.1) is 0 Å². The van der Waals surface area contributed by atoms with E-state index in [9.17, 15) is 12.8 Å². The Labute approximate surface area is 105 Å². The van der Waals surface area contributed by atoms with Crippen molar-refractivity contribution < 1.29 is 17.5 Å². The number of anilines is 1. The molecule has 1 atom stereocenters. The van der Waals surface area contributed by atoms with Gasteiger partial charge in [0.2, 0.25) is 10.0 Å². The lowest BCUT2D eigenvalue weighted by Crippen LogP contribution is -2.46. The van der Waals surface area contributed by atoms with Gasteiger partial charge in [0, 0.05) is 12.6 Å². The summed E-state index contributed by atoms with van der Waals surface area (Å²) in [6.07, 6.45) is 0. The normalized spacial score (nSPS) is 22.0. The van der Waals surface area contributed by atoms with Crippen LogP contribution in [0.4, 0.5) is 10.1 Å². The molecular formula is C11H15FN2O3S. The van der Waals surface area contributed by atoms with Crippen LogP contribution in [0, 0.1) is 5.82 Å². The zero-order chi connectivity index (χ0) is 13.3. The molecule has 0 radical (unpaired) electrons. The molecule has 0 spiro atoms. The average Bonchev–Trinajstić information content (AvgIpc) is 2.33. The number of sulfonamides is 1. The zero-order valence-corrected chi connectivity index (χ0v) is 10.8. The summed E-state index contributed by atoms with van der Waals surface area (Å²) in [7, 11) is -3.64. The van der Waals surface area contributed by atoms with Crippen LogP contribution in [0.5, 0.6) is 0 Å². The maximum Gasteiger partial charge on any atom is 0.243 e. The maximum absolute atomic E-state index is 13.1. The number of rotatable bonds is 2. The third-order valence-electron chi connectivity index (χ3n) is 2.88. The Balaban J connectivity index is 2.37. The molecule has 1 aliphatic heterocycles. The van der Waals surface area contributed by atoms with Gasteiger partial charge in [0.05, 0.1) is 23.8 Å². The molecule has 0 unspecified atom stereocenters. The first-order valence-electron chi connectivity index (χ1n) is 5.57. The molecule has 2 rings (SSSR count). The lowest BCUT2D eigenvalue weighted by molar-refractivity contribution is 0.0393. The molecule has 1 saturated heterocycles. The van der Waals surface area contributed by atoms with Gasteiger partial charge in [-0.25, -0.2) is 12.8 Å². The highest BCUT2D eigenvalue weighted by atomic mass is 32.2. The van der Waals surface area contributed by atoms with Gasteiger partial charge in [0.25, 0.3) is 0 Å². The van der Waals surface area contributed by atoms with Crippen molar-refractivity contribution in [3.63, 3.8) is 0 Å². The van der Waals surface area contributed by atoms with Gasteiger partial charge in [0.1, 0.15) is 5.82 Å². The zero-order valence-electron chi connectivity index (χ0n) is 9.97. The van der Waals surface area contributed by atoms with Crippen molar-refractivity contribution in [2.45, 2.75) is 17.9 Å². The Kier molecular flexibility index (Phi) is 3.56. The van der Waals surface area contributed by atoms with Crippen LogP contribution < -0.4 is 5.73 Å². The SMILES string of the molecule is C[C@@H]1COCCN1S(=O)(=O)c1ccc(F)c(N)c1. The highest BCUT2D eigenvalue weighted by molar-refractivity contribution is 7.89. The number of nitrogens with zero attached hydrogens (tertiary/aromatic N) is 1. The third-order valence-corrected chi connectivity index (χ3v) is 4.89. The van der Waals surface area contributed by atoms with Crippen LogP contribution in [0.25, 0.3) is 0 Å². The van der Waals surface area contributed by atoms with Gasteiger partial charge in [-0.2, -0.15) is 4.31 Å². The van der Waals surface area contributed by atoms with E-state index >= 15 is 0 Å². The van der Waals surface area contributed by atoms with Gasteiger partial charge in [-0.05, 0) is 25.1 Å². The molecule has 7 heteroatoms. The van der Waals surface area contributed by atoms with Gasteiger partial charge in [0.15, 0.2) is 0 Å². The van der Waals surface area contributed by atoms with Crippen LogP contribution in [-0.2, 0) is 14.8 Å². The quantitative estimate of drug-likeness (QED) is 0.810. The van der Waals surface area contributed by atoms with Crippen molar-refractivity contribution in [3.8, 4) is 0 Å². The second-order valence-electron chi connectivity index (χ2n) is 4.22. The molecular weight excluding hydrogens is 259 g/mol. The van der Waals surface area contributed by atoms with Crippen LogP contribution in [0.1, 0.15) is 6.92 Å². The molecule has 18 heavy (non-hydrogen) atoms. The molecule has 1 heterocycles. The van der Waals surface area contributed by atoms with E-state index in [4.69, 9.17) is 10.5 Å². The molecule has 1 aromatic carbocycles. The van der Waals surface area contributed by atoms with E-state index in [1.807, 2.05) is 0 Å². The molecule has 5 nitrogen and oxygen atoms in total. The Morgan fingerprint density at radius 1 is 1.50 bits per heavy atom. The number of hydrogen-bond donors (Lipinski definition) is 1. The molecule has 0 aromatic heterocycles. The van der Waals surface area contributed by atoms with Crippen LogP contribution in [0.15, 0.2) is 23.1 Å². The smallest absolute Gasteiger partial charge is 0.243 e. The lowest BCUT2D eigenvalue weighted by atomic mass is 10.3. The Bertz CT molecular complexity index is 547. The summed E-state index contributed by atoms with van der Waals surface area (Å²) in [5, 5.41) is 0. The Morgan fingerprint density at radius 2 is 2.22 bits per heavy atom. The van der Waals surface area contributed by atoms with E-state index in [1.165, 1.54) is 10.4 Å². The second kappa shape index (κ2) is 4.83. The Morgan fingerprint density at radius 3 is 2.83 bits per heavy atom. The van der Waals surface area contributed by atoms with Crippen molar-refractivity contribution in [3.05, 3.63) is 24.0 Å². The number of nitrogens with two attached hydrogens (primary N) is 1. The number of hydrogen-bond acceptors (Lipinski definition) is 4. The highest BCUT2D eigenvalue weighted by Gasteiger charge is 2.31. The van der Waals surface area contributed by atoms with Gasteiger partial charge < -0.3 is 10.5 Å². The van der Waals surface area contributed by atoms with Gasteiger partial charge in [-0.3, -0.25) is 0 Å². The topological polar surface area (TPSA) is 72.6 Å². The van der Waals surface area contributed by atoms with Crippen LogP contribution in [0.2, 0.25) is 0 Å². The van der Waals surface area contributed by atoms with E-state index in [-0.39, 0.29) is 16.6 Å². The minimum atomic E-state index is -3.64. The summed E-state index contributed by atoms with van der Waals surface area (Å²) >= 11 is 0. The highest BCUT2D eigenvalue weighted by Crippen LogP contribution is 2.23. The minimum absolute atomic E-state index is 0.00940. The van der Waals surface area contributed by atoms with E-state index in [1.54, 1.807) is 6.92 Å². The van der Waals surface area contributed by atoms with Crippen molar-refractivity contribution in [1.29, 1.82) is 0 Å². The van der Waals surface area contributed by atoms with E-state index in [0.29, 0.717) is 19.8 Å². The molecule has 0 aliphatic carbocycles. The predicted molar refractivity (Wildman–Crippen MR) is 65.0 cm³/mol. The van der Waals surface area contributed by atoms with Crippen molar-refractivity contribution >= 4 is 15.7 Å². The van der Waals surface area contributed by atoms with Crippen molar-refractivity contribution in [2.24, 2.45) is 0 Å². The number of benzene rings is 1. The third kappa shape index (κ3) is 2.33. The standard InChI is InChI=1S/C11H15FN2O3S/c1-8-7-17-5-4-14(8)18(15,16)9-2-3-10(12)11(13)6-9/h2-3,6,8H,4-5,7,13H2,1H3/t8-/m1/s1. The van der Waals surface area contributed by atoms with Gasteiger partial charge >= 0.3 is 0 Å². The van der Waals surface area contributed by atoms with Crippen molar-refractivity contribution in [1.82, 2.24) is 4.31 Å². The fourth-order valence-electron chi connectivity index (χ4n) is 1.89. The fraction of sp³-hybridized carbons (Fsp3) is 0.455. The molecule has 1 fully saturated rings.